The van der Waals surface area contributed by atoms with Gasteiger partial charge < -0.3 is 20.1 Å². The number of carbonyl (C=O) groups excluding carboxylic acids is 2. The number of methoxy groups -OCH3 is 1. The van der Waals surface area contributed by atoms with Crippen LogP contribution < -0.4 is 10.1 Å². The molecular formula is C23H17ClF2N2O5S. The van der Waals surface area contributed by atoms with Gasteiger partial charge in [-0.1, -0.05) is 17.7 Å². The molecule has 1 aromatic heterocycles. The molecule has 1 aliphatic rings. The Balaban J connectivity index is 1.63. The Bertz CT molecular complexity index is 1310. The number of carbonyl (C=O) groups is 3. The number of nitrogens with one attached hydrogen (secondary N) is 1. The second-order valence-corrected chi connectivity index (χ2v) is 8.93. The lowest BCUT2D eigenvalue weighted by atomic mass is 10.0. The zero-order valence-corrected chi connectivity index (χ0v) is 19.2. The Labute approximate surface area is 201 Å². The number of hydrogen-bond donors (Lipinski definition) is 2. The Morgan fingerprint density at radius 2 is 1.85 bits per heavy atom. The van der Waals surface area contributed by atoms with E-state index in [1.807, 2.05) is 0 Å². The highest BCUT2D eigenvalue weighted by Crippen LogP contribution is 2.38. The van der Waals surface area contributed by atoms with Crippen molar-refractivity contribution >= 4 is 45.7 Å². The fourth-order valence-electron chi connectivity index (χ4n) is 3.78. The number of hydrogen-bond acceptors (Lipinski definition) is 5. The molecule has 0 saturated carbocycles. The molecule has 0 bridgehead atoms. The average molecular weight is 507 g/mol. The third-order valence-corrected chi connectivity index (χ3v) is 6.74. The summed E-state index contributed by atoms with van der Waals surface area (Å²) in [4.78, 5) is 39.7. The van der Waals surface area contributed by atoms with Gasteiger partial charge in [0.1, 0.15) is 27.9 Å². The first-order valence-corrected chi connectivity index (χ1v) is 11.2. The van der Waals surface area contributed by atoms with Crippen LogP contribution >= 0.6 is 22.9 Å². The topological polar surface area (TPSA) is 95.9 Å². The fourth-order valence-corrected chi connectivity index (χ4v) is 5.20. The second-order valence-electron chi connectivity index (χ2n) is 7.39. The van der Waals surface area contributed by atoms with E-state index in [0.717, 1.165) is 29.5 Å². The molecule has 2 aromatic carbocycles. The minimum Gasteiger partial charge on any atom is -0.496 e. The van der Waals surface area contributed by atoms with Crippen molar-refractivity contribution in [3.8, 4) is 5.75 Å². The predicted octanol–water partition coefficient (Wildman–Crippen LogP) is 4.84. The number of aromatic carboxylic acids is 1. The van der Waals surface area contributed by atoms with Crippen molar-refractivity contribution in [1.29, 1.82) is 0 Å². The van der Waals surface area contributed by atoms with Crippen LogP contribution in [0.25, 0.3) is 0 Å². The van der Waals surface area contributed by atoms with Gasteiger partial charge in [-0.3, -0.25) is 9.59 Å². The number of ether oxygens (including phenoxy) is 1. The van der Waals surface area contributed by atoms with E-state index in [0.29, 0.717) is 26.8 Å². The SMILES string of the molecule is COc1cc(Cl)ccc1C(=O)N1CCc2c(sc(NC(=O)c3c(F)cccc3F)c2C(=O)O)C1. The van der Waals surface area contributed by atoms with Gasteiger partial charge in [0.25, 0.3) is 11.8 Å². The van der Waals surface area contributed by atoms with Gasteiger partial charge in [-0.05, 0) is 42.3 Å². The molecule has 2 amide bonds. The molecule has 1 aliphatic heterocycles. The Kier molecular flexibility index (Phi) is 6.54. The summed E-state index contributed by atoms with van der Waals surface area (Å²) in [6, 6.07) is 7.62. The molecule has 11 heteroatoms. The number of thiophene rings is 1. The minimum atomic E-state index is -1.29. The van der Waals surface area contributed by atoms with Crippen LogP contribution in [0, 0.1) is 11.6 Å². The smallest absolute Gasteiger partial charge is 0.339 e. The van der Waals surface area contributed by atoms with E-state index in [1.165, 1.54) is 18.1 Å². The van der Waals surface area contributed by atoms with Crippen molar-refractivity contribution in [2.24, 2.45) is 0 Å². The zero-order chi connectivity index (χ0) is 24.6. The summed E-state index contributed by atoms with van der Waals surface area (Å²) in [5.74, 6) is -4.55. The van der Waals surface area contributed by atoms with Crippen molar-refractivity contribution in [2.75, 3.05) is 19.0 Å². The van der Waals surface area contributed by atoms with Gasteiger partial charge in [0.2, 0.25) is 0 Å². The fraction of sp³-hybridized carbons (Fsp3) is 0.174. The maximum absolute atomic E-state index is 14.0. The summed E-state index contributed by atoms with van der Waals surface area (Å²) >= 11 is 6.92. The van der Waals surface area contributed by atoms with Crippen LogP contribution in [-0.2, 0) is 13.0 Å². The van der Waals surface area contributed by atoms with Crippen molar-refractivity contribution in [3.05, 3.63) is 80.2 Å². The second kappa shape index (κ2) is 9.40. The van der Waals surface area contributed by atoms with Gasteiger partial charge in [0.05, 0.1) is 24.8 Å². The van der Waals surface area contributed by atoms with Crippen molar-refractivity contribution in [2.45, 2.75) is 13.0 Å². The lowest BCUT2D eigenvalue weighted by molar-refractivity contribution is 0.0696. The van der Waals surface area contributed by atoms with Crippen LogP contribution in [0.3, 0.4) is 0 Å². The van der Waals surface area contributed by atoms with E-state index in [4.69, 9.17) is 16.3 Å². The third kappa shape index (κ3) is 4.34. The molecule has 4 rings (SSSR count). The van der Waals surface area contributed by atoms with E-state index in [-0.39, 0.29) is 36.0 Å². The molecule has 0 unspecified atom stereocenters. The maximum Gasteiger partial charge on any atom is 0.339 e. The molecule has 176 valence electrons. The van der Waals surface area contributed by atoms with E-state index < -0.39 is 29.1 Å². The molecule has 0 spiro atoms. The lowest BCUT2D eigenvalue weighted by Gasteiger charge is -2.27. The van der Waals surface area contributed by atoms with E-state index in [9.17, 15) is 28.3 Å². The Morgan fingerprint density at radius 3 is 2.50 bits per heavy atom. The number of anilines is 1. The Hall–Kier alpha value is -3.50. The van der Waals surface area contributed by atoms with Gasteiger partial charge in [-0.25, -0.2) is 13.6 Å². The summed E-state index contributed by atoms with van der Waals surface area (Å²) < 4.78 is 33.3. The molecular weight excluding hydrogens is 490 g/mol. The van der Waals surface area contributed by atoms with E-state index >= 15 is 0 Å². The number of carboxylic acids is 1. The first-order valence-electron chi connectivity index (χ1n) is 9.97. The van der Waals surface area contributed by atoms with Crippen molar-refractivity contribution in [3.63, 3.8) is 0 Å². The number of amides is 2. The van der Waals surface area contributed by atoms with Crippen LogP contribution in [0.5, 0.6) is 5.75 Å². The summed E-state index contributed by atoms with van der Waals surface area (Å²) in [7, 11) is 1.42. The van der Waals surface area contributed by atoms with Gasteiger partial charge in [0, 0.05) is 16.4 Å². The molecule has 0 radical (unpaired) electrons. The largest absolute Gasteiger partial charge is 0.496 e. The van der Waals surface area contributed by atoms with Crippen LogP contribution in [0.1, 0.15) is 41.5 Å². The lowest BCUT2D eigenvalue weighted by Crippen LogP contribution is -2.35. The first-order chi connectivity index (χ1) is 16.2. The maximum atomic E-state index is 14.0. The van der Waals surface area contributed by atoms with Crippen LogP contribution in [0.2, 0.25) is 5.02 Å². The van der Waals surface area contributed by atoms with E-state index in [2.05, 4.69) is 5.32 Å². The standard InChI is InChI=1S/C23H17ClF2N2O5S/c1-33-16-9-11(24)5-6-12(16)22(30)28-8-7-13-17(10-28)34-21(18(13)23(31)32)27-20(29)19-14(25)3-2-4-15(19)26/h2-6,9H,7-8,10H2,1H3,(H,27,29)(H,31,32). The van der Waals surface area contributed by atoms with Gasteiger partial charge >= 0.3 is 5.97 Å². The van der Waals surface area contributed by atoms with Crippen LogP contribution in [0.4, 0.5) is 13.8 Å². The highest BCUT2D eigenvalue weighted by Gasteiger charge is 2.32. The summed E-state index contributed by atoms with van der Waals surface area (Å²) in [5, 5.41) is 12.4. The first kappa shape index (κ1) is 23.7. The molecule has 0 saturated heterocycles. The predicted molar refractivity (Wildman–Crippen MR) is 122 cm³/mol. The third-order valence-electron chi connectivity index (χ3n) is 5.37. The Morgan fingerprint density at radius 1 is 1.15 bits per heavy atom. The highest BCUT2D eigenvalue weighted by molar-refractivity contribution is 7.17. The molecule has 2 heterocycles. The van der Waals surface area contributed by atoms with Crippen molar-refractivity contribution in [1.82, 2.24) is 4.90 Å². The molecule has 0 aliphatic carbocycles. The van der Waals surface area contributed by atoms with Crippen molar-refractivity contribution < 1.29 is 33.0 Å². The molecule has 2 N–H and O–H groups in total. The zero-order valence-electron chi connectivity index (χ0n) is 17.7. The number of nitrogens with zero attached hydrogens (tertiary/aromatic N) is 1. The van der Waals surface area contributed by atoms with Crippen LogP contribution in [-0.4, -0.2) is 41.4 Å². The number of halogens is 3. The monoisotopic (exact) mass is 506 g/mol. The summed E-state index contributed by atoms with van der Waals surface area (Å²) in [5.41, 5.74) is -0.194. The summed E-state index contributed by atoms with van der Waals surface area (Å²) in [6.45, 7) is 0.318. The quantitative estimate of drug-likeness (QED) is 0.516. The van der Waals surface area contributed by atoms with Gasteiger partial charge in [-0.15, -0.1) is 11.3 Å². The summed E-state index contributed by atoms with van der Waals surface area (Å²) in [6.07, 6.45) is 0.221. The normalized spacial score (nSPS) is 12.8. The van der Waals surface area contributed by atoms with Gasteiger partial charge in [0.15, 0.2) is 0 Å². The number of carboxylic acid groups (broad SMARTS) is 1. The molecule has 0 fully saturated rings. The number of rotatable bonds is 5. The molecule has 0 atom stereocenters. The van der Waals surface area contributed by atoms with E-state index in [1.54, 1.807) is 12.1 Å². The minimum absolute atomic E-state index is 0.0523. The number of fused-ring (bicyclic) bond motifs is 1. The number of benzene rings is 2. The van der Waals surface area contributed by atoms with Gasteiger partial charge in [-0.2, -0.15) is 0 Å². The molecule has 7 nitrogen and oxygen atoms in total. The highest BCUT2D eigenvalue weighted by atomic mass is 35.5. The molecule has 34 heavy (non-hydrogen) atoms. The molecule has 3 aromatic rings. The van der Waals surface area contributed by atoms with Crippen LogP contribution in [0.15, 0.2) is 36.4 Å². The average Bonchev–Trinajstić information content (AvgIpc) is 3.15.